The van der Waals surface area contributed by atoms with Crippen LogP contribution in [0.2, 0.25) is 0 Å². The molecule has 0 saturated heterocycles. The number of hydrogen-bond donors (Lipinski definition) is 1. The van der Waals surface area contributed by atoms with E-state index >= 15 is 0 Å². The summed E-state index contributed by atoms with van der Waals surface area (Å²) in [5.74, 6) is -1.80. The third kappa shape index (κ3) is 2.69. The number of allylic oxidation sites excluding steroid dienone is 1. The van der Waals surface area contributed by atoms with Gasteiger partial charge in [-0.05, 0) is 12.5 Å². The molecule has 0 atom stereocenters. The van der Waals surface area contributed by atoms with Crippen molar-refractivity contribution in [1.29, 1.82) is 0 Å². The van der Waals surface area contributed by atoms with E-state index in [1.54, 1.807) is 24.3 Å². The molecule has 1 aromatic carbocycles. The number of carbonyl (C=O) groups is 1. The molecular weight excluding hydrogens is 183 g/mol. The molecule has 0 aliphatic carbocycles. The molecule has 1 aromatic rings. The minimum Gasteiger partial charge on any atom is -0.478 e. The smallest absolute Gasteiger partial charge is 0.333 e. The van der Waals surface area contributed by atoms with E-state index < -0.39 is 11.8 Å². The van der Waals surface area contributed by atoms with E-state index in [4.69, 9.17) is 5.11 Å². The van der Waals surface area contributed by atoms with Crippen LogP contribution >= 0.6 is 0 Å². The number of carboxylic acids is 1. The standard InChI is InChI=1S/C11H11FO2/c1-8(11(13)14)10(12)7-9-5-3-2-4-6-9/h2-6H,7H2,1H3,(H,13,14). The highest BCUT2D eigenvalue weighted by Gasteiger charge is 2.08. The van der Waals surface area contributed by atoms with Crippen molar-refractivity contribution in [1.82, 2.24) is 0 Å². The summed E-state index contributed by atoms with van der Waals surface area (Å²) < 4.78 is 13.2. The predicted molar refractivity (Wildman–Crippen MR) is 51.6 cm³/mol. The quantitative estimate of drug-likeness (QED) is 0.751. The third-order valence-electron chi connectivity index (χ3n) is 1.93. The van der Waals surface area contributed by atoms with Gasteiger partial charge in [0.1, 0.15) is 5.83 Å². The fourth-order valence-electron chi connectivity index (χ4n) is 1.02. The van der Waals surface area contributed by atoms with Gasteiger partial charge in [-0.1, -0.05) is 30.3 Å². The Labute approximate surface area is 81.7 Å². The van der Waals surface area contributed by atoms with E-state index in [2.05, 4.69) is 0 Å². The number of hydrogen-bond acceptors (Lipinski definition) is 1. The highest BCUT2D eigenvalue weighted by molar-refractivity contribution is 5.86. The van der Waals surface area contributed by atoms with Gasteiger partial charge >= 0.3 is 5.97 Å². The number of rotatable bonds is 3. The lowest BCUT2D eigenvalue weighted by molar-refractivity contribution is -0.132. The number of halogens is 1. The molecule has 0 aromatic heterocycles. The zero-order valence-electron chi connectivity index (χ0n) is 7.83. The molecule has 0 fully saturated rings. The van der Waals surface area contributed by atoms with Crippen molar-refractivity contribution >= 4 is 5.97 Å². The van der Waals surface area contributed by atoms with Crippen LogP contribution in [0.25, 0.3) is 0 Å². The molecule has 74 valence electrons. The predicted octanol–water partition coefficient (Wildman–Crippen LogP) is 2.56. The van der Waals surface area contributed by atoms with E-state index in [0.29, 0.717) is 0 Å². The van der Waals surface area contributed by atoms with Crippen molar-refractivity contribution < 1.29 is 14.3 Å². The van der Waals surface area contributed by atoms with Gasteiger partial charge in [0.05, 0.1) is 5.57 Å². The van der Waals surface area contributed by atoms with Crippen LogP contribution in [0.3, 0.4) is 0 Å². The van der Waals surface area contributed by atoms with Crippen molar-refractivity contribution in [3.8, 4) is 0 Å². The second kappa shape index (κ2) is 4.56. The second-order valence-corrected chi connectivity index (χ2v) is 3.00. The summed E-state index contributed by atoms with van der Waals surface area (Å²) in [6.07, 6.45) is 0.0406. The Hall–Kier alpha value is -1.64. The van der Waals surface area contributed by atoms with Crippen molar-refractivity contribution in [2.75, 3.05) is 0 Å². The zero-order valence-corrected chi connectivity index (χ0v) is 7.83. The lowest BCUT2D eigenvalue weighted by Gasteiger charge is -2.00. The Bertz CT molecular complexity index is 355. The molecule has 1 N–H and O–H groups in total. The first-order chi connectivity index (χ1) is 6.61. The fourth-order valence-corrected chi connectivity index (χ4v) is 1.02. The van der Waals surface area contributed by atoms with Crippen LogP contribution < -0.4 is 0 Å². The molecule has 1 rings (SSSR count). The molecular formula is C11H11FO2. The monoisotopic (exact) mass is 194 g/mol. The third-order valence-corrected chi connectivity index (χ3v) is 1.93. The maximum atomic E-state index is 13.2. The van der Waals surface area contributed by atoms with E-state index in [0.717, 1.165) is 5.56 Å². The van der Waals surface area contributed by atoms with Gasteiger partial charge < -0.3 is 5.11 Å². The summed E-state index contributed by atoms with van der Waals surface area (Å²) in [4.78, 5) is 10.4. The Balaban J connectivity index is 2.80. The van der Waals surface area contributed by atoms with Crippen molar-refractivity contribution in [2.45, 2.75) is 13.3 Å². The van der Waals surface area contributed by atoms with Gasteiger partial charge in [-0.3, -0.25) is 0 Å². The average molecular weight is 194 g/mol. The first-order valence-electron chi connectivity index (χ1n) is 4.23. The number of carboxylic acid groups (broad SMARTS) is 1. The summed E-state index contributed by atoms with van der Waals surface area (Å²) in [6, 6.07) is 8.93. The van der Waals surface area contributed by atoms with Crippen LogP contribution in [0.4, 0.5) is 4.39 Å². The number of aliphatic carboxylic acids is 1. The van der Waals surface area contributed by atoms with Gasteiger partial charge in [0.25, 0.3) is 0 Å². The first-order valence-corrected chi connectivity index (χ1v) is 4.23. The minimum atomic E-state index is -1.21. The van der Waals surface area contributed by atoms with Crippen molar-refractivity contribution in [3.63, 3.8) is 0 Å². The highest BCUT2D eigenvalue weighted by Crippen LogP contribution is 2.13. The molecule has 2 nitrogen and oxygen atoms in total. The molecule has 0 aliphatic heterocycles. The van der Waals surface area contributed by atoms with Crippen LogP contribution in [0.1, 0.15) is 12.5 Å². The maximum Gasteiger partial charge on any atom is 0.333 e. The van der Waals surface area contributed by atoms with E-state index in [1.165, 1.54) is 6.92 Å². The van der Waals surface area contributed by atoms with Crippen molar-refractivity contribution in [2.24, 2.45) is 0 Å². The molecule has 0 amide bonds. The van der Waals surface area contributed by atoms with Crippen LogP contribution in [0.15, 0.2) is 41.7 Å². The zero-order chi connectivity index (χ0) is 10.6. The van der Waals surface area contributed by atoms with Crippen LogP contribution in [0.5, 0.6) is 0 Å². The molecule has 0 spiro atoms. The van der Waals surface area contributed by atoms with Crippen molar-refractivity contribution in [3.05, 3.63) is 47.3 Å². The van der Waals surface area contributed by atoms with E-state index in [-0.39, 0.29) is 12.0 Å². The molecule has 3 heteroatoms. The van der Waals surface area contributed by atoms with Crippen LogP contribution in [-0.2, 0) is 11.2 Å². The van der Waals surface area contributed by atoms with Gasteiger partial charge in [-0.25, -0.2) is 9.18 Å². The Morgan fingerprint density at radius 1 is 1.36 bits per heavy atom. The first kappa shape index (κ1) is 10.4. The molecule has 0 bridgehead atoms. The SMILES string of the molecule is CC(C(=O)O)=C(F)Cc1ccccc1. The van der Waals surface area contributed by atoms with E-state index in [1.807, 2.05) is 6.07 Å². The van der Waals surface area contributed by atoms with Crippen LogP contribution in [0, 0.1) is 0 Å². The molecule has 0 radical (unpaired) electrons. The molecule has 0 unspecified atom stereocenters. The van der Waals surface area contributed by atoms with Gasteiger partial charge in [-0.2, -0.15) is 0 Å². The lowest BCUT2D eigenvalue weighted by Crippen LogP contribution is -2.00. The second-order valence-electron chi connectivity index (χ2n) is 3.00. The van der Waals surface area contributed by atoms with E-state index in [9.17, 15) is 9.18 Å². The Morgan fingerprint density at radius 3 is 2.43 bits per heavy atom. The fraction of sp³-hybridized carbons (Fsp3) is 0.182. The molecule has 0 saturated carbocycles. The van der Waals surface area contributed by atoms with Gasteiger partial charge in [0.2, 0.25) is 0 Å². The van der Waals surface area contributed by atoms with Gasteiger partial charge in [0, 0.05) is 6.42 Å². The van der Waals surface area contributed by atoms with Crippen LogP contribution in [-0.4, -0.2) is 11.1 Å². The van der Waals surface area contributed by atoms with Gasteiger partial charge in [-0.15, -0.1) is 0 Å². The summed E-state index contributed by atoms with van der Waals surface area (Å²) in [6.45, 7) is 1.26. The van der Waals surface area contributed by atoms with Gasteiger partial charge in [0.15, 0.2) is 0 Å². The maximum absolute atomic E-state index is 13.2. The highest BCUT2D eigenvalue weighted by atomic mass is 19.1. The topological polar surface area (TPSA) is 37.3 Å². The minimum absolute atomic E-state index is 0.0406. The largest absolute Gasteiger partial charge is 0.478 e. The summed E-state index contributed by atoms with van der Waals surface area (Å²) in [5.41, 5.74) is 0.541. The lowest BCUT2D eigenvalue weighted by atomic mass is 10.1. The summed E-state index contributed by atoms with van der Waals surface area (Å²) in [5, 5.41) is 8.53. The number of benzene rings is 1. The molecule has 0 heterocycles. The molecule has 0 aliphatic rings. The Morgan fingerprint density at radius 2 is 1.93 bits per heavy atom. The summed E-state index contributed by atoms with van der Waals surface area (Å²) in [7, 11) is 0. The average Bonchev–Trinajstić information content (AvgIpc) is 2.18. The Kier molecular flexibility index (Phi) is 3.40. The molecule has 14 heavy (non-hydrogen) atoms. The summed E-state index contributed by atoms with van der Waals surface area (Å²) >= 11 is 0. The normalized spacial score (nSPS) is 12.1.